The van der Waals surface area contributed by atoms with Crippen molar-refractivity contribution in [3.8, 4) is 22.3 Å². The predicted molar refractivity (Wildman–Crippen MR) is 393 cm³/mol. The lowest BCUT2D eigenvalue weighted by atomic mass is 9.50. The molecular formula is C89H134. The molecule has 0 unspecified atom stereocenters. The zero-order valence-corrected chi connectivity index (χ0v) is 63.0. The highest BCUT2D eigenvalue weighted by Crippen LogP contribution is 2.61. The van der Waals surface area contributed by atoms with Crippen LogP contribution in [0, 0.1) is 63.6 Å². The third kappa shape index (κ3) is 16.7. The van der Waals surface area contributed by atoms with Crippen molar-refractivity contribution in [2.24, 2.45) is 49.7 Å². The summed E-state index contributed by atoms with van der Waals surface area (Å²) in [5.41, 5.74) is 27.7. The van der Waals surface area contributed by atoms with Crippen molar-refractivity contribution >= 4 is 0 Å². The van der Waals surface area contributed by atoms with Gasteiger partial charge < -0.3 is 0 Å². The van der Waals surface area contributed by atoms with E-state index in [-0.39, 0.29) is 16.2 Å². The molecule has 0 bridgehead atoms. The number of hydrogen-bond acceptors (Lipinski definition) is 0. The summed E-state index contributed by atoms with van der Waals surface area (Å²) in [6.07, 6.45) is 25.7. The summed E-state index contributed by atoms with van der Waals surface area (Å²) in [6, 6.07) is 34.1. The summed E-state index contributed by atoms with van der Waals surface area (Å²) in [6.45, 7) is 64.2. The lowest BCUT2D eigenvalue weighted by Crippen LogP contribution is -2.44. The Balaban J connectivity index is 0.000000144. The highest BCUT2D eigenvalue weighted by Gasteiger charge is 2.50. The van der Waals surface area contributed by atoms with Gasteiger partial charge in [-0.3, -0.25) is 0 Å². The lowest BCUT2D eigenvalue weighted by molar-refractivity contribution is -0.0434. The smallest absolute Gasteiger partial charge is 0.00107 e. The molecule has 4 saturated carbocycles. The Hall–Kier alpha value is -3.90. The van der Waals surface area contributed by atoms with E-state index in [1.165, 1.54) is 175 Å². The van der Waals surface area contributed by atoms with Gasteiger partial charge in [0.2, 0.25) is 0 Å². The van der Waals surface area contributed by atoms with E-state index in [0.29, 0.717) is 43.3 Å². The second-order valence-electron chi connectivity index (χ2n) is 40.0. The summed E-state index contributed by atoms with van der Waals surface area (Å²) in [7, 11) is 0. The Morgan fingerprint density at radius 3 is 1.29 bits per heavy atom. The van der Waals surface area contributed by atoms with Gasteiger partial charge in [-0.2, -0.15) is 0 Å². The molecule has 0 radical (unpaired) electrons. The lowest BCUT2D eigenvalue weighted by Gasteiger charge is -2.55. The van der Waals surface area contributed by atoms with Crippen molar-refractivity contribution in [3.05, 3.63) is 152 Å². The quantitative estimate of drug-likeness (QED) is 0.142. The van der Waals surface area contributed by atoms with E-state index in [1.807, 2.05) is 0 Å². The molecule has 2 spiro atoms. The Kier molecular flexibility index (Phi) is 20.0. The molecular weight excluding hydrogens is 1070 g/mol. The molecule has 7 aliphatic carbocycles. The van der Waals surface area contributed by atoms with E-state index < -0.39 is 0 Å². The maximum atomic E-state index is 2.51. The van der Waals surface area contributed by atoms with Crippen molar-refractivity contribution in [3.63, 3.8) is 0 Å². The summed E-state index contributed by atoms with van der Waals surface area (Å²) in [4.78, 5) is 0. The predicted octanol–water partition coefficient (Wildman–Crippen LogP) is 26.9. The molecule has 0 amide bonds. The van der Waals surface area contributed by atoms with Gasteiger partial charge in [-0.25, -0.2) is 0 Å². The second-order valence-corrected chi connectivity index (χ2v) is 40.0. The van der Waals surface area contributed by atoms with Gasteiger partial charge >= 0.3 is 0 Å². The average molecular weight is 1200 g/mol. The molecule has 0 saturated heterocycles. The molecule has 0 aliphatic heterocycles. The fourth-order valence-corrected chi connectivity index (χ4v) is 19.7. The molecule has 0 nitrogen and oxygen atoms in total. The first kappa shape index (κ1) is 71.0. The molecule has 0 heterocycles. The highest BCUT2D eigenvalue weighted by molar-refractivity contribution is 5.79. The van der Waals surface area contributed by atoms with Gasteiger partial charge in [-0.05, 0) is 290 Å². The maximum absolute atomic E-state index is 2.51. The van der Waals surface area contributed by atoms with Crippen molar-refractivity contribution in [1.29, 1.82) is 0 Å². The SMILES string of the molecule is CC(C)(C)c1ccc2c(c1)C(C)(C)CC2(C)C.CC1(C)CC(C)(C)CC2(CCC(C(C)(C)C)CC2)C1.CC1(C)CCC2(CCC(C(C)(C)C)CC2)CC1.Cc1c(C(C)(C)C)ccc2c1Cc1ccccc1-2.Cc1cc2c(cc1C(C)(C)C)Cc1ccccc1-2. The number of aryl methyl sites for hydroxylation is 1. The third-order valence-electron chi connectivity index (χ3n) is 24.1. The minimum absolute atomic E-state index is 0.230. The van der Waals surface area contributed by atoms with Crippen LogP contribution >= 0.6 is 0 Å². The highest BCUT2D eigenvalue weighted by atomic mass is 14.5. The standard InChI is InChI=1S/C19H36.2C18H20.C17H26.C17H32/c1-16(2,3)15-8-10-19(11-9-15)13-17(4,5)12-18(6,7)14-19;1-12-9-16-14(11-17(12)18(2,3)4)10-13-7-5-6-8-15(13)16;1-12-16-11-13-7-5-6-8-14(13)15(16)9-10-17(12)18(2,3)4;1-15(2,3)12-8-9-13-14(10-12)17(6,7)11-16(13,4)5;1-15(2,3)14-6-8-17(9-7-14)12-10-16(4,5)11-13-17/h15H,8-14H2,1-7H3;5-9,11H,10H2,1-4H3;5-10H,11H2,1-4H3;8-10H,11H2,1-7H3;14H,6-13H2,1-5H3. The topological polar surface area (TPSA) is 0 Å². The van der Waals surface area contributed by atoms with Crippen LogP contribution in [0.25, 0.3) is 22.3 Å². The van der Waals surface area contributed by atoms with Crippen LogP contribution in [0.4, 0.5) is 0 Å². The Bertz CT molecular complexity index is 3190. The normalized spacial score (nSPS) is 21.6. The zero-order chi connectivity index (χ0) is 66.1. The van der Waals surface area contributed by atoms with Gasteiger partial charge in [0.05, 0.1) is 0 Å². The fourth-order valence-electron chi connectivity index (χ4n) is 19.7. The Morgan fingerprint density at radius 1 is 0.348 bits per heavy atom. The summed E-state index contributed by atoms with van der Waals surface area (Å²) in [5.74, 6) is 1.93. The average Bonchev–Trinajstić information content (AvgIpc) is 1.99. The van der Waals surface area contributed by atoms with Gasteiger partial charge in [0.15, 0.2) is 0 Å². The summed E-state index contributed by atoms with van der Waals surface area (Å²) in [5, 5.41) is 0. The van der Waals surface area contributed by atoms with Gasteiger partial charge in [0.25, 0.3) is 0 Å². The number of fused-ring (bicyclic) bond motifs is 7. The van der Waals surface area contributed by atoms with Crippen LogP contribution in [0.3, 0.4) is 0 Å². The molecule has 0 atom stereocenters. The minimum atomic E-state index is 0.230. The minimum Gasteiger partial charge on any atom is -0.0619 e. The van der Waals surface area contributed by atoms with Gasteiger partial charge in [-0.15, -0.1) is 0 Å². The van der Waals surface area contributed by atoms with E-state index in [0.717, 1.165) is 30.1 Å². The van der Waals surface area contributed by atoms with E-state index in [2.05, 4.69) is 278 Å². The van der Waals surface area contributed by atoms with Crippen LogP contribution in [-0.4, -0.2) is 0 Å². The van der Waals surface area contributed by atoms with E-state index >= 15 is 0 Å². The van der Waals surface area contributed by atoms with E-state index in [9.17, 15) is 0 Å². The number of benzene rings is 5. The van der Waals surface area contributed by atoms with E-state index in [1.54, 1.807) is 11.1 Å². The van der Waals surface area contributed by atoms with Crippen LogP contribution in [0.2, 0.25) is 0 Å². The Morgan fingerprint density at radius 2 is 0.809 bits per heavy atom. The van der Waals surface area contributed by atoms with Gasteiger partial charge in [-0.1, -0.05) is 264 Å². The van der Waals surface area contributed by atoms with Crippen LogP contribution < -0.4 is 0 Å². The Labute approximate surface area is 550 Å². The zero-order valence-electron chi connectivity index (χ0n) is 63.0. The van der Waals surface area contributed by atoms with Crippen LogP contribution in [0.15, 0.2) is 91.0 Å². The molecule has 12 rings (SSSR count). The van der Waals surface area contributed by atoms with Crippen molar-refractivity contribution in [2.75, 3.05) is 0 Å². The van der Waals surface area contributed by atoms with E-state index in [4.69, 9.17) is 0 Å². The van der Waals surface area contributed by atoms with Gasteiger partial charge in [0.1, 0.15) is 0 Å². The molecule has 0 heteroatoms. The molecule has 5 aromatic carbocycles. The largest absolute Gasteiger partial charge is 0.0619 e. The molecule has 5 aromatic rings. The summed E-state index contributed by atoms with van der Waals surface area (Å²) < 4.78 is 0. The first-order valence-corrected chi connectivity index (χ1v) is 36.2. The van der Waals surface area contributed by atoms with Crippen molar-refractivity contribution < 1.29 is 0 Å². The molecule has 89 heavy (non-hydrogen) atoms. The van der Waals surface area contributed by atoms with Crippen LogP contribution in [0.5, 0.6) is 0 Å². The second kappa shape index (κ2) is 25.1. The number of rotatable bonds is 0. The molecule has 4 fully saturated rings. The van der Waals surface area contributed by atoms with Crippen molar-refractivity contribution in [1.82, 2.24) is 0 Å². The molecule has 7 aliphatic rings. The monoisotopic (exact) mass is 1200 g/mol. The third-order valence-corrected chi connectivity index (χ3v) is 24.1. The van der Waals surface area contributed by atoms with Crippen LogP contribution in [0.1, 0.15) is 337 Å². The fraction of sp³-hybridized carbons (Fsp3) is 0.663. The molecule has 0 N–H and O–H groups in total. The number of hydrogen-bond donors (Lipinski definition) is 0. The molecule has 0 aromatic heterocycles. The first-order valence-electron chi connectivity index (χ1n) is 36.2. The van der Waals surface area contributed by atoms with Gasteiger partial charge in [0, 0.05) is 0 Å². The first-order chi connectivity index (χ1) is 40.6. The summed E-state index contributed by atoms with van der Waals surface area (Å²) >= 11 is 0. The maximum Gasteiger partial charge on any atom is -0.00107 e. The van der Waals surface area contributed by atoms with Crippen molar-refractivity contribution in [2.45, 2.75) is 330 Å². The molecule has 490 valence electrons. The van der Waals surface area contributed by atoms with Crippen LogP contribution in [-0.2, 0) is 39.9 Å².